The second-order valence-corrected chi connectivity index (χ2v) is 3.94. The van der Waals surface area contributed by atoms with Crippen LogP contribution >= 0.6 is 0 Å². The Morgan fingerprint density at radius 2 is 1.74 bits per heavy atom. The van der Waals surface area contributed by atoms with Crippen LogP contribution in [0.2, 0.25) is 0 Å². The fourth-order valence-electron chi connectivity index (χ4n) is 1.77. The van der Waals surface area contributed by atoms with Crippen LogP contribution in [0.3, 0.4) is 0 Å². The van der Waals surface area contributed by atoms with E-state index in [0.717, 1.165) is 17.4 Å². The number of likely N-dealkylation sites (tertiary alicyclic amines) is 1. The first-order valence-electron chi connectivity index (χ1n) is 5.34. The van der Waals surface area contributed by atoms with Crippen LogP contribution in [0.15, 0.2) is 30.3 Å². The van der Waals surface area contributed by atoms with Gasteiger partial charge in [0.1, 0.15) is 5.91 Å². The second kappa shape index (κ2) is 6.14. The van der Waals surface area contributed by atoms with E-state index >= 15 is 0 Å². The summed E-state index contributed by atoms with van der Waals surface area (Å²) in [7, 11) is 0. The predicted molar refractivity (Wildman–Crippen MR) is 60.9 cm³/mol. The Hall–Kier alpha value is -1.43. The number of hydrogen-bond donors (Lipinski definition) is 0. The van der Waals surface area contributed by atoms with Gasteiger partial charge in [-0.25, -0.2) is 0 Å². The van der Waals surface area contributed by atoms with Crippen LogP contribution in [-0.4, -0.2) is 28.3 Å². The van der Waals surface area contributed by atoms with Gasteiger partial charge in [-0.3, -0.25) is 4.79 Å². The maximum atomic E-state index is 11.8. The summed E-state index contributed by atoms with van der Waals surface area (Å²) in [5, 5.41) is 0. The van der Waals surface area contributed by atoms with E-state index in [9.17, 15) is 19.2 Å². The molecule has 0 saturated carbocycles. The number of hydrogen-bond acceptors (Lipinski definition) is 4. The molecule has 0 radical (unpaired) electrons. The topological polar surface area (TPSA) is 71.5 Å². The average Bonchev–Trinajstić information content (AvgIpc) is 2.55. The zero-order valence-corrected chi connectivity index (χ0v) is 12.7. The van der Waals surface area contributed by atoms with Gasteiger partial charge in [0.2, 0.25) is 0 Å². The van der Waals surface area contributed by atoms with Crippen LogP contribution < -0.4 is 29.6 Å². The normalized spacial score (nSPS) is 14.7. The molecule has 0 bridgehead atoms. The molecule has 1 aliphatic rings. The molecule has 1 saturated heterocycles. The van der Waals surface area contributed by atoms with Crippen LogP contribution in [0.4, 0.5) is 0 Å². The molecule has 0 N–H and O–H groups in total. The summed E-state index contributed by atoms with van der Waals surface area (Å²) in [5.41, 5.74) is 0.719. The summed E-state index contributed by atoms with van der Waals surface area (Å²) in [6, 6.07) is 8.79. The van der Waals surface area contributed by atoms with Crippen molar-refractivity contribution in [2.75, 3.05) is 0 Å². The van der Waals surface area contributed by atoms with Crippen LogP contribution in [0.5, 0.6) is 0 Å². The SMILES string of the molecule is CC(=O)[C-]1C(=O)C(=O)N(Cc2ccccc2)C1=O.[Na+]. The van der Waals surface area contributed by atoms with Gasteiger partial charge in [0, 0.05) is 6.54 Å². The Balaban J connectivity index is 0.00000180. The van der Waals surface area contributed by atoms with E-state index in [1.54, 1.807) is 30.3 Å². The fraction of sp³-hybridized carbons (Fsp3) is 0.154. The van der Waals surface area contributed by atoms with E-state index in [-0.39, 0.29) is 36.1 Å². The number of amides is 2. The first kappa shape index (κ1) is 15.6. The number of benzene rings is 1. The van der Waals surface area contributed by atoms with Crippen LogP contribution in [0.1, 0.15) is 12.5 Å². The Labute approximate surface area is 132 Å². The van der Waals surface area contributed by atoms with Crippen molar-refractivity contribution >= 4 is 23.4 Å². The zero-order valence-electron chi connectivity index (χ0n) is 10.7. The molecule has 2 rings (SSSR count). The predicted octanol–water partition coefficient (Wildman–Crippen LogP) is -2.71. The summed E-state index contributed by atoms with van der Waals surface area (Å²) in [5.74, 6) is -3.97. The molecule has 1 heterocycles. The number of ketones is 2. The second-order valence-electron chi connectivity index (χ2n) is 3.94. The van der Waals surface area contributed by atoms with Gasteiger partial charge in [-0.15, -0.1) is 0 Å². The molecule has 6 heteroatoms. The van der Waals surface area contributed by atoms with Crippen molar-refractivity contribution in [3.8, 4) is 0 Å². The first-order chi connectivity index (χ1) is 8.52. The molecular formula is C13H10NNaO4. The van der Waals surface area contributed by atoms with Crippen molar-refractivity contribution in [3.05, 3.63) is 41.8 Å². The van der Waals surface area contributed by atoms with Gasteiger partial charge in [0.15, 0.2) is 5.91 Å². The Kier molecular flexibility index (Phi) is 5.05. The van der Waals surface area contributed by atoms with E-state index in [1.807, 2.05) is 0 Å². The van der Waals surface area contributed by atoms with E-state index in [2.05, 4.69) is 0 Å². The molecule has 1 aromatic carbocycles. The Morgan fingerprint density at radius 1 is 1.16 bits per heavy atom. The third kappa shape index (κ3) is 2.94. The number of carbonyl (C=O) groups excluding carboxylic acids is 4. The third-order valence-corrected chi connectivity index (χ3v) is 2.66. The molecule has 0 aromatic heterocycles. The number of carbonyl (C=O) groups is 4. The van der Waals surface area contributed by atoms with Gasteiger partial charge in [-0.1, -0.05) is 30.3 Å². The van der Waals surface area contributed by atoms with Gasteiger partial charge in [-0.05, 0) is 18.4 Å². The summed E-state index contributed by atoms with van der Waals surface area (Å²) >= 11 is 0. The maximum Gasteiger partial charge on any atom is 1.00 e. The summed E-state index contributed by atoms with van der Waals surface area (Å²) in [6.07, 6.45) is 0. The monoisotopic (exact) mass is 267 g/mol. The van der Waals surface area contributed by atoms with Crippen LogP contribution in [0, 0.1) is 5.92 Å². The van der Waals surface area contributed by atoms with Gasteiger partial charge in [0.05, 0.1) is 11.6 Å². The van der Waals surface area contributed by atoms with E-state index in [1.165, 1.54) is 0 Å². The largest absolute Gasteiger partial charge is 1.00 e. The minimum atomic E-state index is -1.01. The molecule has 0 atom stereocenters. The molecule has 1 aromatic rings. The molecule has 5 nitrogen and oxygen atoms in total. The van der Waals surface area contributed by atoms with Crippen molar-refractivity contribution in [1.82, 2.24) is 4.90 Å². The molecule has 0 aliphatic carbocycles. The van der Waals surface area contributed by atoms with Crippen LogP contribution in [0.25, 0.3) is 0 Å². The molecular weight excluding hydrogens is 257 g/mol. The van der Waals surface area contributed by atoms with Crippen molar-refractivity contribution in [3.63, 3.8) is 0 Å². The van der Waals surface area contributed by atoms with Crippen molar-refractivity contribution in [1.29, 1.82) is 0 Å². The number of imide groups is 1. The molecule has 0 unspecified atom stereocenters. The minimum Gasteiger partial charge on any atom is -0.379 e. The van der Waals surface area contributed by atoms with E-state index < -0.39 is 29.3 Å². The van der Waals surface area contributed by atoms with Gasteiger partial charge >= 0.3 is 29.6 Å². The summed E-state index contributed by atoms with van der Waals surface area (Å²) < 4.78 is 0. The number of rotatable bonds is 3. The Bertz CT molecular complexity index is 541. The molecule has 1 fully saturated rings. The van der Waals surface area contributed by atoms with Crippen molar-refractivity contribution < 1.29 is 48.7 Å². The third-order valence-electron chi connectivity index (χ3n) is 2.66. The van der Waals surface area contributed by atoms with Gasteiger partial charge in [0.25, 0.3) is 0 Å². The zero-order chi connectivity index (χ0) is 13.3. The van der Waals surface area contributed by atoms with Crippen molar-refractivity contribution in [2.24, 2.45) is 0 Å². The fourth-order valence-corrected chi connectivity index (χ4v) is 1.77. The van der Waals surface area contributed by atoms with Crippen LogP contribution in [-0.2, 0) is 25.7 Å². The number of nitrogens with zero attached hydrogens (tertiary/aromatic N) is 1. The number of Topliss-reactive ketones (excluding diaryl/α,β-unsaturated/α-hetero) is 2. The van der Waals surface area contributed by atoms with Crippen molar-refractivity contribution in [2.45, 2.75) is 13.5 Å². The quantitative estimate of drug-likeness (QED) is 0.258. The average molecular weight is 267 g/mol. The molecule has 1 aliphatic heterocycles. The summed E-state index contributed by atoms with van der Waals surface area (Å²) in [4.78, 5) is 46.9. The van der Waals surface area contributed by atoms with E-state index in [4.69, 9.17) is 0 Å². The Morgan fingerprint density at radius 3 is 2.21 bits per heavy atom. The maximum absolute atomic E-state index is 11.8. The van der Waals surface area contributed by atoms with Gasteiger partial charge in [-0.2, -0.15) is 0 Å². The minimum absolute atomic E-state index is 0. The molecule has 92 valence electrons. The smallest absolute Gasteiger partial charge is 0.379 e. The standard InChI is InChI=1S/C13H10NO4.Na/c1-8(15)10-11(16)13(18)14(12(10)17)7-9-5-3-2-4-6-9;/h2-6H,7H2,1H3;/q-1;+1. The summed E-state index contributed by atoms with van der Waals surface area (Å²) in [6.45, 7) is 1.10. The van der Waals surface area contributed by atoms with Gasteiger partial charge < -0.3 is 19.3 Å². The first-order valence-corrected chi connectivity index (χ1v) is 5.34. The molecule has 2 amide bonds. The molecule has 19 heavy (non-hydrogen) atoms. The molecule has 0 spiro atoms. The van der Waals surface area contributed by atoms with E-state index in [0.29, 0.717) is 0 Å².